The summed E-state index contributed by atoms with van der Waals surface area (Å²) in [5.41, 5.74) is -0.402. The van der Waals surface area contributed by atoms with Gasteiger partial charge in [-0.25, -0.2) is 4.79 Å². The molecule has 0 bridgehead atoms. The van der Waals surface area contributed by atoms with E-state index in [0.717, 1.165) is 5.56 Å². The van der Waals surface area contributed by atoms with Crippen LogP contribution in [0.4, 0.5) is 0 Å². The largest absolute Gasteiger partial charge is 0.497 e. The Kier molecular flexibility index (Phi) is 6.22. The molecule has 122 valence electrons. The van der Waals surface area contributed by atoms with Gasteiger partial charge in [0.25, 0.3) is 0 Å². The summed E-state index contributed by atoms with van der Waals surface area (Å²) in [5.74, 6) is 0.00385. The van der Waals surface area contributed by atoms with Crippen molar-refractivity contribution in [2.24, 2.45) is 0 Å². The van der Waals surface area contributed by atoms with Gasteiger partial charge in [-0.1, -0.05) is 6.92 Å². The van der Waals surface area contributed by atoms with Crippen LogP contribution in [0.15, 0.2) is 18.2 Å². The number of aliphatic carboxylic acids is 1. The average molecular weight is 309 g/mol. The molecule has 1 unspecified atom stereocenters. The number of carboxylic acids is 1. The Morgan fingerprint density at radius 1 is 1.27 bits per heavy atom. The fourth-order valence-corrected chi connectivity index (χ4v) is 1.99. The van der Waals surface area contributed by atoms with Crippen molar-refractivity contribution in [3.63, 3.8) is 0 Å². The summed E-state index contributed by atoms with van der Waals surface area (Å²) < 4.78 is 10.4. The Balaban J connectivity index is 2.73. The summed E-state index contributed by atoms with van der Waals surface area (Å²) in [6, 6.07) is 5.36. The molecule has 1 atom stereocenters. The van der Waals surface area contributed by atoms with E-state index in [0.29, 0.717) is 24.3 Å². The Labute approximate surface area is 130 Å². The number of ether oxygens (including phenoxy) is 2. The van der Waals surface area contributed by atoms with Gasteiger partial charge in [0.1, 0.15) is 17.0 Å². The second kappa shape index (κ2) is 7.68. The molecule has 1 rings (SSSR count). The van der Waals surface area contributed by atoms with Crippen LogP contribution in [-0.4, -0.2) is 36.7 Å². The van der Waals surface area contributed by atoms with Gasteiger partial charge in [-0.05, 0) is 43.5 Å². The highest BCUT2D eigenvalue weighted by Crippen LogP contribution is 2.25. The second-order valence-corrected chi connectivity index (χ2v) is 5.22. The maximum atomic E-state index is 12.0. The van der Waals surface area contributed by atoms with Crippen LogP contribution in [0.25, 0.3) is 0 Å². The highest BCUT2D eigenvalue weighted by Gasteiger charge is 2.32. The highest BCUT2D eigenvalue weighted by atomic mass is 16.5. The number of carbonyl (C=O) groups is 2. The predicted molar refractivity (Wildman–Crippen MR) is 82.3 cm³/mol. The highest BCUT2D eigenvalue weighted by molar-refractivity contribution is 5.86. The molecule has 0 spiro atoms. The number of carbonyl (C=O) groups excluding carboxylic acids is 1. The van der Waals surface area contributed by atoms with Crippen molar-refractivity contribution >= 4 is 11.9 Å². The van der Waals surface area contributed by atoms with Crippen LogP contribution < -0.4 is 14.8 Å². The maximum Gasteiger partial charge on any atom is 0.329 e. The van der Waals surface area contributed by atoms with Crippen LogP contribution in [-0.2, 0) is 16.0 Å². The zero-order valence-electron chi connectivity index (χ0n) is 13.4. The fraction of sp³-hybridized carbons (Fsp3) is 0.500. The first-order chi connectivity index (χ1) is 10.4. The lowest BCUT2D eigenvalue weighted by Crippen LogP contribution is -2.51. The lowest BCUT2D eigenvalue weighted by molar-refractivity contribution is -0.147. The van der Waals surface area contributed by atoms with E-state index < -0.39 is 11.5 Å². The van der Waals surface area contributed by atoms with Gasteiger partial charge in [-0.15, -0.1) is 0 Å². The van der Waals surface area contributed by atoms with Crippen LogP contribution in [0.1, 0.15) is 32.3 Å². The zero-order valence-corrected chi connectivity index (χ0v) is 13.4. The van der Waals surface area contributed by atoms with Gasteiger partial charge in [-0.3, -0.25) is 4.79 Å². The number of methoxy groups -OCH3 is 2. The van der Waals surface area contributed by atoms with Gasteiger partial charge in [0, 0.05) is 6.42 Å². The first-order valence-electron chi connectivity index (χ1n) is 7.11. The van der Waals surface area contributed by atoms with Crippen molar-refractivity contribution in [1.29, 1.82) is 0 Å². The van der Waals surface area contributed by atoms with E-state index in [1.807, 2.05) is 6.07 Å². The SMILES string of the molecule is CCC(C)(NC(=O)CCc1cc(OC)ccc1OC)C(=O)O. The molecule has 1 aromatic rings. The lowest BCUT2D eigenvalue weighted by atomic mass is 9.98. The number of benzene rings is 1. The van der Waals surface area contributed by atoms with Crippen LogP contribution >= 0.6 is 0 Å². The summed E-state index contributed by atoms with van der Waals surface area (Å²) in [4.78, 5) is 23.2. The predicted octanol–water partition coefficient (Wildman–Crippen LogP) is 2.01. The molecule has 0 aliphatic heterocycles. The van der Waals surface area contributed by atoms with Crippen LogP contribution in [0.3, 0.4) is 0 Å². The van der Waals surface area contributed by atoms with E-state index in [-0.39, 0.29) is 12.3 Å². The van der Waals surface area contributed by atoms with Crippen LogP contribution in [0.2, 0.25) is 0 Å². The third-order valence-electron chi connectivity index (χ3n) is 3.70. The molecule has 0 saturated heterocycles. The number of aryl methyl sites for hydroxylation is 1. The van der Waals surface area contributed by atoms with Gasteiger partial charge >= 0.3 is 5.97 Å². The van der Waals surface area contributed by atoms with Gasteiger partial charge in [-0.2, -0.15) is 0 Å². The smallest absolute Gasteiger partial charge is 0.329 e. The number of amides is 1. The first-order valence-corrected chi connectivity index (χ1v) is 7.11. The molecular weight excluding hydrogens is 286 g/mol. The normalized spacial score (nSPS) is 13.1. The minimum Gasteiger partial charge on any atom is -0.497 e. The molecule has 0 fully saturated rings. The quantitative estimate of drug-likeness (QED) is 0.767. The zero-order chi connectivity index (χ0) is 16.8. The summed E-state index contributed by atoms with van der Waals surface area (Å²) >= 11 is 0. The molecule has 22 heavy (non-hydrogen) atoms. The van der Waals surface area contributed by atoms with Crippen molar-refractivity contribution in [2.75, 3.05) is 14.2 Å². The van der Waals surface area contributed by atoms with Crippen molar-refractivity contribution in [3.8, 4) is 11.5 Å². The Bertz CT molecular complexity index is 543. The van der Waals surface area contributed by atoms with E-state index in [1.165, 1.54) is 6.92 Å². The Hall–Kier alpha value is -2.24. The van der Waals surface area contributed by atoms with Gasteiger partial charge in [0.2, 0.25) is 5.91 Å². The number of rotatable bonds is 8. The topological polar surface area (TPSA) is 84.9 Å². The monoisotopic (exact) mass is 309 g/mol. The molecule has 6 heteroatoms. The van der Waals surface area contributed by atoms with Gasteiger partial charge in [0.05, 0.1) is 14.2 Å². The van der Waals surface area contributed by atoms with Crippen molar-refractivity contribution in [3.05, 3.63) is 23.8 Å². The Morgan fingerprint density at radius 2 is 1.95 bits per heavy atom. The van der Waals surface area contributed by atoms with Gasteiger partial charge in [0.15, 0.2) is 0 Å². The number of hydrogen-bond donors (Lipinski definition) is 2. The minimum atomic E-state index is -1.24. The molecule has 0 aliphatic rings. The van der Waals surface area contributed by atoms with Gasteiger partial charge < -0.3 is 19.9 Å². The molecule has 0 aliphatic carbocycles. The third-order valence-corrected chi connectivity index (χ3v) is 3.70. The molecule has 0 radical (unpaired) electrons. The minimum absolute atomic E-state index is 0.173. The molecule has 1 aromatic carbocycles. The average Bonchev–Trinajstić information content (AvgIpc) is 2.52. The number of hydrogen-bond acceptors (Lipinski definition) is 4. The molecule has 2 N–H and O–H groups in total. The third kappa shape index (κ3) is 4.38. The first kappa shape index (κ1) is 17.8. The molecule has 6 nitrogen and oxygen atoms in total. The van der Waals surface area contributed by atoms with E-state index in [9.17, 15) is 9.59 Å². The Morgan fingerprint density at radius 3 is 2.45 bits per heavy atom. The van der Waals surface area contributed by atoms with Crippen molar-refractivity contribution < 1.29 is 24.2 Å². The second-order valence-electron chi connectivity index (χ2n) is 5.22. The molecule has 0 heterocycles. The summed E-state index contributed by atoms with van der Waals surface area (Å²) in [7, 11) is 3.13. The van der Waals surface area contributed by atoms with Crippen LogP contribution in [0, 0.1) is 0 Å². The fourth-order valence-electron chi connectivity index (χ4n) is 1.99. The van der Waals surface area contributed by atoms with E-state index in [1.54, 1.807) is 33.3 Å². The molecule has 1 amide bonds. The number of nitrogens with one attached hydrogen (secondary N) is 1. The van der Waals surface area contributed by atoms with E-state index in [4.69, 9.17) is 14.6 Å². The summed E-state index contributed by atoms with van der Waals surface area (Å²) in [5, 5.41) is 11.7. The standard InChI is InChI=1S/C16H23NO5/c1-5-16(2,15(19)20)17-14(18)9-6-11-10-12(21-3)7-8-13(11)22-4/h7-8,10H,5-6,9H2,1-4H3,(H,17,18)(H,19,20). The molecular formula is C16H23NO5. The van der Waals surface area contributed by atoms with Crippen molar-refractivity contribution in [2.45, 2.75) is 38.6 Å². The summed E-state index contributed by atoms with van der Waals surface area (Å²) in [6.45, 7) is 3.22. The maximum absolute atomic E-state index is 12.0. The van der Waals surface area contributed by atoms with E-state index in [2.05, 4.69) is 5.32 Å². The van der Waals surface area contributed by atoms with Crippen LogP contribution in [0.5, 0.6) is 11.5 Å². The molecule has 0 saturated carbocycles. The number of carboxylic acid groups (broad SMARTS) is 1. The lowest BCUT2D eigenvalue weighted by Gasteiger charge is -2.24. The summed E-state index contributed by atoms with van der Waals surface area (Å²) in [6.07, 6.45) is 0.925. The van der Waals surface area contributed by atoms with E-state index >= 15 is 0 Å². The molecule has 0 aromatic heterocycles. The van der Waals surface area contributed by atoms with Crippen molar-refractivity contribution in [1.82, 2.24) is 5.32 Å².